The van der Waals surface area contributed by atoms with Crippen molar-refractivity contribution in [1.82, 2.24) is 10.1 Å². The fourth-order valence-electron chi connectivity index (χ4n) is 1.16. The first-order valence-corrected chi connectivity index (χ1v) is 6.08. The van der Waals surface area contributed by atoms with Crippen LogP contribution in [0.2, 0.25) is 0 Å². The molecule has 0 saturated carbocycles. The average Bonchev–Trinajstić information content (AvgIpc) is 2.76. The number of thioether (sulfide) groups is 1. The molecule has 0 saturated heterocycles. The topological polar surface area (TPSA) is 65.2 Å². The summed E-state index contributed by atoms with van der Waals surface area (Å²) >= 11 is 1.44. The van der Waals surface area contributed by atoms with E-state index >= 15 is 0 Å². The van der Waals surface area contributed by atoms with Gasteiger partial charge in [0.15, 0.2) is 5.82 Å². The molecule has 5 nitrogen and oxygen atoms in total. The van der Waals surface area contributed by atoms with E-state index in [9.17, 15) is 4.79 Å². The van der Waals surface area contributed by atoms with Crippen molar-refractivity contribution >= 4 is 17.7 Å². The van der Waals surface area contributed by atoms with Crippen LogP contribution in [0, 0.1) is 0 Å². The highest BCUT2D eigenvalue weighted by Gasteiger charge is 2.21. The zero-order valence-corrected chi connectivity index (χ0v) is 10.7. The molecule has 0 aliphatic carbocycles. The summed E-state index contributed by atoms with van der Waals surface area (Å²) in [5.74, 6) is 0.998. The lowest BCUT2D eigenvalue weighted by Gasteiger charge is -2.11. The summed E-state index contributed by atoms with van der Waals surface area (Å²) < 4.78 is 9.75. The molecular weight excluding hydrogens is 228 g/mol. The SMILES string of the molecule is CCc1noc([C@@H](C)S[C@@H](C)C(=O)OC)n1. The van der Waals surface area contributed by atoms with Crippen LogP contribution in [-0.4, -0.2) is 28.5 Å². The molecule has 0 spiro atoms. The molecule has 1 aromatic rings. The van der Waals surface area contributed by atoms with Gasteiger partial charge in [0.05, 0.1) is 12.4 Å². The second-order valence-electron chi connectivity index (χ2n) is 3.35. The fraction of sp³-hybridized carbons (Fsp3) is 0.700. The standard InChI is InChI=1S/C10H16N2O3S/c1-5-8-11-9(15-12-8)6(2)16-7(3)10(13)14-4/h6-7H,5H2,1-4H3/t6-,7+/m1/s1. The predicted octanol–water partition coefficient (Wildman–Crippen LogP) is 1.99. The predicted molar refractivity (Wildman–Crippen MR) is 61.2 cm³/mol. The number of hydrogen-bond acceptors (Lipinski definition) is 6. The highest BCUT2D eigenvalue weighted by molar-refractivity contribution is 8.00. The van der Waals surface area contributed by atoms with Crippen LogP contribution in [0.15, 0.2) is 4.52 Å². The molecule has 0 N–H and O–H groups in total. The Bertz CT molecular complexity index is 354. The van der Waals surface area contributed by atoms with Gasteiger partial charge in [0.1, 0.15) is 5.25 Å². The highest BCUT2D eigenvalue weighted by Crippen LogP contribution is 2.30. The summed E-state index contributed by atoms with van der Waals surface area (Å²) in [6, 6.07) is 0. The van der Waals surface area contributed by atoms with Crippen LogP contribution < -0.4 is 0 Å². The summed E-state index contributed by atoms with van der Waals surface area (Å²) in [5.41, 5.74) is 0. The fourth-order valence-corrected chi connectivity index (χ4v) is 2.19. The van der Waals surface area contributed by atoms with Crippen molar-refractivity contribution in [2.75, 3.05) is 7.11 Å². The molecule has 1 rings (SSSR count). The molecule has 16 heavy (non-hydrogen) atoms. The van der Waals surface area contributed by atoms with E-state index in [0.29, 0.717) is 11.7 Å². The highest BCUT2D eigenvalue weighted by atomic mass is 32.2. The minimum atomic E-state index is -0.243. The van der Waals surface area contributed by atoms with E-state index in [1.807, 2.05) is 13.8 Å². The number of carbonyl (C=O) groups is 1. The monoisotopic (exact) mass is 244 g/mol. The summed E-state index contributed by atoms with van der Waals surface area (Å²) in [7, 11) is 1.38. The summed E-state index contributed by atoms with van der Waals surface area (Å²) in [6.07, 6.45) is 0.743. The Kier molecular flexibility index (Phi) is 4.79. The Morgan fingerprint density at radius 1 is 1.56 bits per heavy atom. The van der Waals surface area contributed by atoms with Crippen LogP contribution in [0.3, 0.4) is 0 Å². The van der Waals surface area contributed by atoms with Gasteiger partial charge in [0.2, 0.25) is 5.89 Å². The Balaban J connectivity index is 2.57. The van der Waals surface area contributed by atoms with Gasteiger partial charge in [-0.2, -0.15) is 4.98 Å². The van der Waals surface area contributed by atoms with Crippen molar-refractivity contribution in [3.8, 4) is 0 Å². The lowest BCUT2D eigenvalue weighted by atomic mass is 10.4. The van der Waals surface area contributed by atoms with Crippen molar-refractivity contribution in [1.29, 1.82) is 0 Å². The maximum atomic E-state index is 11.2. The quantitative estimate of drug-likeness (QED) is 0.738. The molecule has 1 aromatic heterocycles. The van der Waals surface area contributed by atoms with Crippen LogP contribution in [-0.2, 0) is 16.0 Å². The normalized spacial score (nSPS) is 14.5. The van der Waals surface area contributed by atoms with Crippen LogP contribution in [0.4, 0.5) is 0 Å². The van der Waals surface area contributed by atoms with Gasteiger partial charge in [-0.1, -0.05) is 12.1 Å². The van der Waals surface area contributed by atoms with Gasteiger partial charge in [-0.25, -0.2) is 0 Å². The largest absolute Gasteiger partial charge is 0.468 e. The smallest absolute Gasteiger partial charge is 0.318 e. The number of carbonyl (C=O) groups excluding carboxylic acids is 1. The Morgan fingerprint density at radius 3 is 2.75 bits per heavy atom. The van der Waals surface area contributed by atoms with Crippen molar-refractivity contribution in [2.24, 2.45) is 0 Å². The first-order valence-electron chi connectivity index (χ1n) is 5.14. The first kappa shape index (κ1) is 13.0. The molecule has 1 heterocycles. The zero-order valence-electron chi connectivity index (χ0n) is 9.89. The molecule has 0 aliphatic heterocycles. The zero-order chi connectivity index (χ0) is 12.1. The van der Waals surface area contributed by atoms with E-state index in [2.05, 4.69) is 14.9 Å². The summed E-state index contributed by atoms with van der Waals surface area (Å²) in [6.45, 7) is 5.69. The van der Waals surface area contributed by atoms with E-state index in [1.165, 1.54) is 18.9 Å². The van der Waals surface area contributed by atoms with E-state index in [-0.39, 0.29) is 16.5 Å². The van der Waals surface area contributed by atoms with Gasteiger partial charge < -0.3 is 9.26 Å². The number of nitrogens with zero attached hydrogens (tertiary/aromatic N) is 2. The number of aromatic nitrogens is 2. The van der Waals surface area contributed by atoms with Gasteiger partial charge in [-0.3, -0.25) is 4.79 Å². The maximum Gasteiger partial charge on any atom is 0.318 e. The van der Waals surface area contributed by atoms with Crippen LogP contribution in [0.5, 0.6) is 0 Å². The van der Waals surface area contributed by atoms with E-state index < -0.39 is 0 Å². The molecule has 6 heteroatoms. The van der Waals surface area contributed by atoms with E-state index in [1.54, 1.807) is 6.92 Å². The van der Waals surface area contributed by atoms with Crippen LogP contribution in [0.25, 0.3) is 0 Å². The molecule has 0 fully saturated rings. The second-order valence-corrected chi connectivity index (χ2v) is 5.03. The minimum absolute atomic E-state index is 0.0121. The van der Waals surface area contributed by atoms with Gasteiger partial charge in [0, 0.05) is 6.42 Å². The lowest BCUT2D eigenvalue weighted by Crippen LogP contribution is -2.15. The van der Waals surface area contributed by atoms with Gasteiger partial charge in [0.25, 0.3) is 0 Å². The third-order valence-corrected chi connectivity index (χ3v) is 3.30. The van der Waals surface area contributed by atoms with Crippen molar-refractivity contribution in [2.45, 2.75) is 37.7 Å². The summed E-state index contributed by atoms with van der Waals surface area (Å²) in [5, 5.41) is 3.56. The molecule has 0 aromatic carbocycles. The molecule has 90 valence electrons. The second kappa shape index (κ2) is 5.89. The molecule has 0 aliphatic rings. The number of methoxy groups -OCH3 is 1. The number of hydrogen-bond donors (Lipinski definition) is 0. The first-order chi connectivity index (χ1) is 7.58. The van der Waals surface area contributed by atoms with Gasteiger partial charge >= 0.3 is 5.97 Å². The van der Waals surface area contributed by atoms with E-state index in [0.717, 1.165) is 6.42 Å². The number of rotatable bonds is 5. The maximum absolute atomic E-state index is 11.2. The van der Waals surface area contributed by atoms with Gasteiger partial charge in [-0.05, 0) is 13.8 Å². The molecule has 0 bridgehead atoms. The molecule has 0 amide bonds. The van der Waals surface area contributed by atoms with E-state index in [4.69, 9.17) is 4.52 Å². The third kappa shape index (κ3) is 3.23. The Hall–Kier alpha value is -1.04. The Morgan fingerprint density at radius 2 is 2.25 bits per heavy atom. The number of esters is 1. The van der Waals surface area contributed by atoms with Crippen molar-refractivity contribution < 1.29 is 14.1 Å². The van der Waals surface area contributed by atoms with Gasteiger partial charge in [-0.15, -0.1) is 11.8 Å². The molecular formula is C10H16N2O3S. The summed E-state index contributed by atoms with van der Waals surface area (Å²) in [4.78, 5) is 15.4. The molecule has 0 radical (unpaired) electrons. The van der Waals surface area contributed by atoms with Crippen molar-refractivity contribution in [3.05, 3.63) is 11.7 Å². The third-order valence-electron chi connectivity index (χ3n) is 2.09. The average molecular weight is 244 g/mol. The molecule has 2 atom stereocenters. The van der Waals surface area contributed by atoms with Crippen molar-refractivity contribution in [3.63, 3.8) is 0 Å². The minimum Gasteiger partial charge on any atom is -0.468 e. The molecule has 0 unspecified atom stereocenters. The number of aryl methyl sites for hydroxylation is 1. The van der Waals surface area contributed by atoms with Crippen LogP contribution in [0.1, 0.15) is 37.7 Å². The van der Waals surface area contributed by atoms with Crippen LogP contribution >= 0.6 is 11.8 Å². The number of ether oxygens (including phenoxy) is 1. The Labute approximate surface area is 98.9 Å². The lowest BCUT2D eigenvalue weighted by molar-refractivity contribution is -0.139.